The second-order valence-electron chi connectivity index (χ2n) is 6.26. The highest BCUT2D eigenvalue weighted by atomic mass is 35.5. The van der Waals surface area contributed by atoms with Gasteiger partial charge in [0.15, 0.2) is 0 Å². The van der Waals surface area contributed by atoms with Gasteiger partial charge in [0.2, 0.25) is 0 Å². The van der Waals surface area contributed by atoms with Crippen molar-refractivity contribution in [2.45, 2.75) is 6.54 Å². The fourth-order valence-electron chi connectivity index (χ4n) is 2.75. The molecule has 1 amide bonds. The van der Waals surface area contributed by atoms with Crippen molar-refractivity contribution < 1.29 is 9.72 Å². The van der Waals surface area contributed by atoms with Gasteiger partial charge in [-0.15, -0.1) is 0 Å². The molecule has 0 atom stereocenters. The van der Waals surface area contributed by atoms with Crippen LogP contribution in [0.1, 0.15) is 15.9 Å². The zero-order valence-corrected chi connectivity index (χ0v) is 15.9. The van der Waals surface area contributed by atoms with Crippen molar-refractivity contribution in [2.24, 2.45) is 0 Å². The van der Waals surface area contributed by atoms with Crippen molar-refractivity contribution in [3.05, 3.63) is 99.1 Å². The molecule has 1 N–H and O–H groups in total. The van der Waals surface area contributed by atoms with E-state index in [0.29, 0.717) is 5.69 Å². The number of non-ortho nitro benzene ring substituents is 1. The van der Waals surface area contributed by atoms with Crippen LogP contribution in [0, 0.1) is 10.1 Å². The average Bonchev–Trinajstić information content (AvgIpc) is 2.69. The van der Waals surface area contributed by atoms with Crippen LogP contribution in [0.5, 0.6) is 0 Å². The molecule has 0 aliphatic carbocycles. The van der Waals surface area contributed by atoms with Crippen LogP contribution in [-0.4, -0.2) is 17.9 Å². The van der Waals surface area contributed by atoms with Gasteiger partial charge in [-0.25, -0.2) is 0 Å². The van der Waals surface area contributed by atoms with Gasteiger partial charge in [0.25, 0.3) is 11.6 Å². The number of rotatable bonds is 6. The van der Waals surface area contributed by atoms with Crippen molar-refractivity contribution in [3.63, 3.8) is 0 Å². The molecule has 6 nitrogen and oxygen atoms in total. The first-order valence-electron chi connectivity index (χ1n) is 8.54. The van der Waals surface area contributed by atoms with Crippen LogP contribution in [-0.2, 0) is 6.54 Å². The number of hydrogen-bond donors (Lipinski definition) is 1. The van der Waals surface area contributed by atoms with E-state index in [4.69, 9.17) is 11.6 Å². The summed E-state index contributed by atoms with van der Waals surface area (Å²) >= 11 is 6.01. The number of hydrogen-bond acceptors (Lipinski definition) is 4. The van der Waals surface area contributed by atoms with E-state index in [-0.39, 0.29) is 16.3 Å². The Kier molecular flexibility index (Phi) is 5.91. The van der Waals surface area contributed by atoms with Crippen LogP contribution < -0.4 is 10.2 Å². The molecule has 3 aromatic carbocycles. The molecular weight excluding hydrogens is 378 g/mol. The van der Waals surface area contributed by atoms with Crippen molar-refractivity contribution >= 4 is 34.6 Å². The maximum Gasteiger partial charge on any atom is 0.270 e. The highest BCUT2D eigenvalue weighted by Crippen LogP contribution is 2.24. The second kappa shape index (κ2) is 8.54. The Bertz CT molecular complexity index is 992. The Morgan fingerprint density at radius 1 is 1.07 bits per heavy atom. The minimum atomic E-state index is -0.557. The maximum atomic E-state index is 12.4. The van der Waals surface area contributed by atoms with Crippen molar-refractivity contribution in [2.75, 3.05) is 17.3 Å². The van der Waals surface area contributed by atoms with Crippen molar-refractivity contribution in [3.8, 4) is 0 Å². The van der Waals surface area contributed by atoms with E-state index in [9.17, 15) is 14.9 Å². The lowest BCUT2D eigenvalue weighted by atomic mass is 10.1. The van der Waals surface area contributed by atoms with E-state index in [2.05, 4.69) is 22.3 Å². The van der Waals surface area contributed by atoms with Gasteiger partial charge in [0.1, 0.15) is 0 Å². The SMILES string of the molecule is CN(Cc1ccccc1)c1ccc(NC(=O)c2ccc([N+](=O)[O-])cc2Cl)cc1. The second-order valence-corrected chi connectivity index (χ2v) is 6.67. The van der Waals surface area contributed by atoms with Crippen LogP contribution in [0.15, 0.2) is 72.8 Å². The number of amides is 1. The number of halogens is 1. The third-order valence-corrected chi connectivity index (χ3v) is 4.55. The average molecular weight is 396 g/mol. The van der Waals surface area contributed by atoms with E-state index < -0.39 is 10.8 Å². The monoisotopic (exact) mass is 395 g/mol. The van der Waals surface area contributed by atoms with E-state index in [0.717, 1.165) is 18.3 Å². The molecule has 0 bridgehead atoms. The minimum absolute atomic E-state index is 0.0333. The van der Waals surface area contributed by atoms with Crippen LogP contribution in [0.4, 0.5) is 17.1 Å². The zero-order valence-electron chi connectivity index (χ0n) is 15.1. The van der Waals surface area contributed by atoms with Gasteiger partial charge < -0.3 is 10.2 Å². The first kappa shape index (κ1) is 19.4. The molecule has 0 unspecified atom stereocenters. The maximum absolute atomic E-state index is 12.4. The van der Waals surface area contributed by atoms with Gasteiger partial charge in [0, 0.05) is 37.1 Å². The molecule has 0 saturated heterocycles. The summed E-state index contributed by atoms with van der Waals surface area (Å²) in [5, 5.41) is 13.6. The van der Waals surface area contributed by atoms with Crippen molar-refractivity contribution in [1.29, 1.82) is 0 Å². The van der Waals surface area contributed by atoms with Gasteiger partial charge >= 0.3 is 0 Å². The summed E-state index contributed by atoms with van der Waals surface area (Å²) in [5.41, 5.74) is 2.84. The van der Waals surface area contributed by atoms with E-state index in [1.165, 1.54) is 17.7 Å². The Morgan fingerprint density at radius 2 is 1.75 bits per heavy atom. The Labute approximate surface area is 167 Å². The minimum Gasteiger partial charge on any atom is -0.370 e. The van der Waals surface area contributed by atoms with Crippen LogP contribution in [0.25, 0.3) is 0 Å². The van der Waals surface area contributed by atoms with Crippen LogP contribution >= 0.6 is 11.6 Å². The standard InChI is InChI=1S/C21H18ClN3O3/c1-24(14-15-5-3-2-4-6-15)17-9-7-16(8-10-17)23-21(26)19-12-11-18(25(27)28)13-20(19)22/h2-13H,14H2,1H3,(H,23,26). The third kappa shape index (κ3) is 4.66. The largest absolute Gasteiger partial charge is 0.370 e. The molecule has 0 aliphatic rings. The van der Waals surface area contributed by atoms with E-state index in [1.54, 1.807) is 12.1 Å². The molecule has 0 heterocycles. The highest BCUT2D eigenvalue weighted by molar-refractivity contribution is 6.34. The molecule has 0 radical (unpaired) electrons. The van der Waals surface area contributed by atoms with Gasteiger partial charge in [-0.1, -0.05) is 41.9 Å². The normalized spacial score (nSPS) is 10.4. The van der Waals surface area contributed by atoms with E-state index >= 15 is 0 Å². The van der Waals surface area contributed by atoms with Gasteiger partial charge in [0.05, 0.1) is 15.5 Å². The lowest BCUT2D eigenvalue weighted by molar-refractivity contribution is -0.384. The number of nitrogens with zero attached hydrogens (tertiary/aromatic N) is 2. The molecule has 0 aliphatic heterocycles. The van der Waals surface area contributed by atoms with E-state index in [1.807, 2.05) is 37.4 Å². The number of nitro groups is 1. The summed E-state index contributed by atoms with van der Waals surface area (Å²) in [6.45, 7) is 0.769. The summed E-state index contributed by atoms with van der Waals surface area (Å²) in [6.07, 6.45) is 0. The number of carbonyl (C=O) groups excluding carboxylic acids is 1. The number of anilines is 2. The molecule has 7 heteroatoms. The number of nitro benzene ring substituents is 1. The van der Waals surface area contributed by atoms with Gasteiger partial charge in [-0.2, -0.15) is 0 Å². The van der Waals surface area contributed by atoms with Crippen LogP contribution in [0.3, 0.4) is 0 Å². The smallest absolute Gasteiger partial charge is 0.270 e. The lowest BCUT2D eigenvalue weighted by Crippen LogP contribution is -2.16. The quantitative estimate of drug-likeness (QED) is 0.463. The molecule has 0 aromatic heterocycles. The molecule has 3 rings (SSSR count). The molecule has 0 spiro atoms. The van der Waals surface area contributed by atoms with Crippen LogP contribution in [0.2, 0.25) is 5.02 Å². The summed E-state index contributed by atoms with van der Waals surface area (Å²) < 4.78 is 0. The third-order valence-electron chi connectivity index (χ3n) is 4.24. The summed E-state index contributed by atoms with van der Waals surface area (Å²) in [7, 11) is 2.00. The highest BCUT2D eigenvalue weighted by Gasteiger charge is 2.15. The summed E-state index contributed by atoms with van der Waals surface area (Å²) in [6, 6.07) is 21.3. The van der Waals surface area contributed by atoms with Gasteiger partial charge in [-0.05, 0) is 35.9 Å². The topological polar surface area (TPSA) is 75.5 Å². The first-order chi connectivity index (χ1) is 13.4. The zero-order chi connectivity index (χ0) is 20.1. The molecule has 28 heavy (non-hydrogen) atoms. The summed E-state index contributed by atoms with van der Waals surface area (Å²) in [5.74, 6) is -0.426. The predicted octanol–water partition coefficient (Wildman–Crippen LogP) is 5.14. The Morgan fingerprint density at radius 3 is 2.36 bits per heavy atom. The fraction of sp³-hybridized carbons (Fsp3) is 0.0952. The summed E-state index contributed by atoms with van der Waals surface area (Å²) in [4.78, 5) is 24.7. The Hall–Kier alpha value is -3.38. The molecule has 0 fully saturated rings. The molecule has 3 aromatic rings. The molecular formula is C21H18ClN3O3. The number of carbonyl (C=O) groups is 1. The first-order valence-corrected chi connectivity index (χ1v) is 8.92. The number of nitrogens with one attached hydrogen (secondary N) is 1. The predicted molar refractivity (Wildman–Crippen MR) is 111 cm³/mol. The van der Waals surface area contributed by atoms with Crippen molar-refractivity contribution in [1.82, 2.24) is 0 Å². The van der Waals surface area contributed by atoms with Gasteiger partial charge in [-0.3, -0.25) is 14.9 Å². The number of benzene rings is 3. The lowest BCUT2D eigenvalue weighted by Gasteiger charge is -2.20. The molecule has 0 saturated carbocycles. The Balaban J connectivity index is 1.67. The molecule has 142 valence electrons. The fourth-order valence-corrected chi connectivity index (χ4v) is 3.01.